The third-order valence-electron chi connectivity index (χ3n) is 9.15. The molecule has 0 spiro atoms. The van der Waals surface area contributed by atoms with Crippen molar-refractivity contribution in [3.05, 3.63) is 156 Å². The van der Waals surface area contributed by atoms with Crippen molar-refractivity contribution in [3.63, 3.8) is 0 Å². The summed E-state index contributed by atoms with van der Waals surface area (Å²) in [5.41, 5.74) is 13.4. The third-order valence-corrected chi connectivity index (χ3v) is 9.15. The molecule has 0 bridgehead atoms. The van der Waals surface area contributed by atoms with E-state index in [4.69, 9.17) is 0 Å². The minimum atomic E-state index is 0.870. The van der Waals surface area contributed by atoms with Gasteiger partial charge in [-0.05, 0) is 52.1 Å². The number of para-hydroxylation sites is 2. The van der Waals surface area contributed by atoms with Crippen molar-refractivity contribution in [3.8, 4) is 11.1 Å². The van der Waals surface area contributed by atoms with Gasteiger partial charge >= 0.3 is 0 Å². The van der Waals surface area contributed by atoms with Crippen molar-refractivity contribution >= 4 is 46.0 Å². The van der Waals surface area contributed by atoms with Gasteiger partial charge in [-0.2, -0.15) is 9.15 Å². The van der Waals surface area contributed by atoms with Crippen LogP contribution >= 0.6 is 0 Å². The summed E-state index contributed by atoms with van der Waals surface area (Å²) in [4.78, 5) is 4.68. The summed E-state index contributed by atoms with van der Waals surface area (Å²) >= 11 is 0. The fourth-order valence-corrected chi connectivity index (χ4v) is 6.99. The van der Waals surface area contributed by atoms with Gasteiger partial charge in [0.2, 0.25) is 24.7 Å². The van der Waals surface area contributed by atoms with Crippen LogP contribution in [0.25, 0.3) is 21.9 Å². The average Bonchev–Trinajstić information content (AvgIpc) is 3.47. The van der Waals surface area contributed by atoms with Gasteiger partial charge < -0.3 is 9.80 Å². The smallest absolute Gasteiger partial charge is 0.224 e. The molecule has 4 nitrogen and oxygen atoms in total. The summed E-state index contributed by atoms with van der Waals surface area (Å²) < 4.78 is 4.60. The summed E-state index contributed by atoms with van der Waals surface area (Å²) in [5.74, 6) is 0. The summed E-state index contributed by atoms with van der Waals surface area (Å²) in [6.45, 7) is 1.74. The summed E-state index contributed by atoms with van der Waals surface area (Å²) in [6, 6.07) is 47.6. The SMILES string of the molecule is CN1C[N+](c2ccccc2)=Cc2cc3ccccc3cc21.CN1C[N+](c2ccccc2)=Cc2ccc3c(c21)-c1ccccc1C3. The number of fused-ring (bicyclic) bond motifs is 7. The molecule has 9 rings (SSSR count). The van der Waals surface area contributed by atoms with Crippen LogP contribution in [0.2, 0.25) is 0 Å². The van der Waals surface area contributed by atoms with Gasteiger partial charge in [-0.3, -0.25) is 0 Å². The molecule has 2 aliphatic heterocycles. The fourth-order valence-electron chi connectivity index (χ4n) is 6.99. The molecule has 2 heterocycles. The lowest BCUT2D eigenvalue weighted by Crippen LogP contribution is -2.32. The van der Waals surface area contributed by atoms with E-state index < -0.39 is 0 Å². The van der Waals surface area contributed by atoms with Crippen molar-refractivity contribution in [1.82, 2.24) is 0 Å². The molecule has 0 atom stereocenters. The van der Waals surface area contributed by atoms with E-state index in [0.29, 0.717) is 0 Å². The summed E-state index contributed by atoms with van der Waals surface area (Å²) in [7, 11) is 4.35. The van der Waals surface area contributed by atoms with Crippen molar-refractivity contribution in [2.75, 3.05) is 37.2 Å². The van der Waals surface area contributed by atoms with E-state index in [9.17, 15) is 0 Å². The summed E-state index contributed by atoms with van der Waals surface area (Å²) in [6.07, 6.45) is 5.58. The van der Waals surface area contributed by atoms with Crippen molar-refractivity contribution in [1.29, 1.82) is 0 Å². The Morgan fingerprint density at radius 1 is 0.511 bits per heavy atom. The number of hydrogen-bond donors (Lipinski definition) is 0. The number of hydrogen-bond acceptors (Lipinski definition) is 2. The highest BCUT2D eigenvalue weighted by Crippen LogP contribution is 2.44. The lowest BCUT2D eigenvalue weighted by molar-refractivity contribution is -0.435. The first-order chi connectivity index (χ1) is 22.1. The van der Waals surface area contributed by atoms with E-state index in [1.165, 1.54) is 66.9 Å². The predicted molar refractivity (Wildman–Crippen MR) is 188 cm³/mol. The molecule has 0 saturated heterocycles. The van der Waals surface area contributed by atoms with Crippen molar-refractivity contribution in [2.24, 2.45) is 0 Å². The van der Waals surface area contributed by atoms with Gasteiger partial charge in [0.1, 0.15) is 0 Å². The minimum Gasteiger partial charge on any atom is -0.319 e. The Labute approximate surface area is 265 Å². The van der Waals surface area contributed by atoms with Gasteiger partial charge in [0, 0.05) is 43.9 Å². The maximum atomic E-state index is 2.38. The number of anilines is 2. The second-order valence-electron chi connectivity index (χ2n) is 12.2. The molecule has 45 heavy (non-hydrogen) atoms. The van der Waals surface area contributed by atoms with Crippen LogP contribution in [0, 0.1) is 0 Å². The molecule has 4 heteroatoms. The third kappa shape index (κ3) is 4.98. The normalized spacial score (nSPS) is 14.4. The van der Waals surface area contributed by atoms with Crippen LogP contribution in [0.1, 0.15) is 22.3 Å². The topological polar surface area (TPSA) is 12.5 Å². The zero-order chi connectivity index (χ0) is 30.3. The standard InChI is InChI=1S/C22H19N2.C19H17N2/c1-23-15-24(19-8-3-2-4-9-19)14-18-12-11-17-13-16-7-5-6-10-20(16)21(17)22(18)23;1-20-14-21(18-9-3-2-4-10-18)13-17-11-15-7-5-6-8-16(15)12-19(17)20/h2-12,14H,13,15H2,1H3;2-13H,14H2,1H3/q2*+1. The molecular weight excluding hydrogens is 548 g/mol. The Bertz CT molecular complexity index is 2110. The molecule has 3 aliphatic rings. The second kappa shape index (κ2) is 11.2. The quantitative estimate of drug-likeness (QED) is 0.189. The molecule has 0 N–H and O–H groups in total. The maximum absolute atomic E-state index is 2.38. The predicted octanol–water partition coefficient (Wildman–Crippen LogP) is 8.44. The van der Waals surface area contributed by atoms with Gasteiger partial charge in [0.15, 0.2) is 12.4 Å². The lowest BCUT2D eigenvalue weighted by atomic mass is 9.98. The first kappa shape index (κ1) is 27.1. The lowest BCUT2D eigenvalue weighted by Gasteiger charge is -2.26. The van der Waals surface area contributed by atoms with Crippen LogP contribution in [0.3, 0.4) is 0 Å². The largest absolute Gasteiger partial charge is 0.319 e. The monoisotopic (exact) mass is 584 g/mol. The first-order valence-corrected chi connectivity index (χ1v) is 15.6. The second-order valence-corrected chi connectivity index (χ2v) is 12.2. The molecule has 6 aromatic rings. The van der Waals surface area contributed by atoms with Crippen LogP contribution in [0.15, 0.2) is 133 Å². The molecule has 0 unspecified atom stereocenters. The van der Waals surface area contributed by atoms with Crippen molar-refractivity contribution < 1.29 is 9.15 Å². The van der Waals surface area contributed by atoms with Gasteiger partial charge in [-0.1, -0.05) is 91.0 Å². The van der Waals surface area contributed by atoms with Crippen LogP contribution in [-0.2, 0) is 6.42 Å². The van der Waals surface area contributed by atoms with E-state index in [-0.39, 0.29) is 0 Å². The number of nitrogens with zero attached hydrogens (tertiary/aromatic N) is 4. The zero-order valence-electron chi connectivity index (χ0n) is 25.8. The first-order valence-electron chi connectivity index (χ1n) is 15.6. The van der Waals surface area contributed by atoms with Crippen LogP contribution in [-0.4, -0.2) is 49.0 Å². The van der Waals surface area contributed by atoms with Gasteiger partial charge in [0.25, 0.3) is 0 Å². The fraction of sp³-hybridized carbons (Fsp3) is 0.122. The molecule has 0 aromatic heterocycles. The highest BCUT2D eigenvalue weighted by molar-refractivity contribution is 5.99. The zero-order valence-corrected chi connectivity index (χ0v) is 25.8. The molecule has 0 fully saturated rings. The molecule has 0 saturated carbocycles. The van der Waals surface area contributed by atoms with E-state index in [1.54, 1.807) is 0 Å². The van der Waals surface area contributed by atoms with Crippen molar-refractivity contribution in [2.45, 2.75) is 6.42 Å². The van der Waals surface area contributed by atoms with Crippen LogP contribution in [0.4, 0.5) is 22.7 Å². The average molecular weight is 585 g/mol. The molecule has 6 aromatic carbocycles. The highest BCUT2D eigenvalue weighted by Gasteiger charge is 2.30. The Morgan fingerprint density at radius 2 is 1.09 bits per heavy atom. The van der Waals surface area contributed by atoms with Crippen LogP contribution in [0.5, 0.6) is 0 Å². The molecule has 1 aliphatic carbocycles. The van der Waals surface area contributed by atoms with E-state index in [2.05, 4.69) is 179 Å². The Hall–Kier alpha value is -5.48. The van der Waals surface area contributed by atoms with Gasteiger partial charge in [0.05, 0.1) is 22.5 Å². The van der Waals surface area contributed by atoms with E-state index in [1.807, 2.05) is 0 Å². The Morgan fingerprint density at radius 3 is 1.80 bits per heavy atom. The number of benzene rings is 6. The summed E-state index contributed by atoms with van der Waals surface area (Å²) in [5, 5.41) is 2.58. The maximum Gasteiger partial charge on any atom is 0.224 e. The highest BCUT2D eigenvalue weighted by atomic mass is 15.3. The van der Waals surface area contributed by atoms with Crippen LogP contribution < -0.4 is 9.80 Å². The van der Waals surface area contributed by atoms with E-state index in [0.717, 1.165) is 19.8 Å². The Balaban J connectivity index is 0.000000135. The number of rotatable bonds is 2. The Kier molecular flexibility index (Phi) is 6.76. The minimum absolute atomic E-state index is 0.870. The van der Waals surface area contributed by atoms with Gasteiger partial charge in [-0.25, -0.2) is 0 Å². The molecule has 0 amide bonds. The van der Waals surface area contributed by atoms with E-state index >= 15 is 0 Å². The van der Waals surface area contributed by atoms with Gasteiger partial charge in [-0.15, -0.1) is 0 Å². The molecular formula is C41H36N4+2. The molecule has 218 valence electrons. The molecule has 0 radical (unpaired) electrons.